The summed E-state index contributed by atoms with van der Waals surface area (Å²) in [6, 6.07) is 15.7. The average molecular weight is 381 g/mol. The minimum Gasteiger partial charge on any atom is -0.481 e. The largest absolute Gasteiger partial charge is 0.481 e. The van der Waals surface area contributed by atoms with Gasteiger partial charge in [-0.1, -0.05) is 30.3 Å². The lowest BCUT2D eigenvalue weighted by Crippen LogP contribution is -2.36. The number of carbonyl (C=O) groups excluding carboxylic acids is 1. The molecule has 0 aliphatic rings. The lowest BCUT2D eigenvalue weighted by atomic mass is 10.2. The Balaban J connectivity index is 1.60. The molecular formula is C22H24FN3O2. The summed E-state index contributed by atoms with van der Waals surface area (Å²) in [6.07, 6.45) is -0.689. The van der Waals surface area contributed by atoms with E-state index in [1.807, 2.05) is 36.7 Å². The Bertz CT molecular complexity index is 936. The molecule has 28 heavy (non-hydrogen) atoms. The van der Waals surface area contributed by atoms with Crippen molar-refractivity contribution in [3.63, 3.8) is 0 Å². The van der Waals surface area contributed by atoms with E-state index in [1.165, 1.54) is 29.8 Å². The van der Waals surface area contributed by atoms with E-state index in [9.17, 15) is 9.18 Å². The van der Waals surface area contributed by atoms with Gasteiger partial charge in [0, 0.05) is 17.8 Å². The topological polar surface area (TPSA) is 56.2 Å². The van der Waals surface area contributed by atoms with Gasteiger partial charge >= 0.3 is 0 Å². The van der Waals surface area contributed by atoms with E-state index in [0.717, 1.165) is 17.0 Å². The summed E-state index contributed by atoms with van der Waals surface area (Å²) in [5.74, 6) is -0.131. The smallest absolute Gasteiger partial charge is 0.261 e. The molecule has 0 aliphatic heterocycles. The van der Waals surface area contributed by atoms with Gasteiger partial charge in [0.15, 0.2) is 6.10 Å². The van der Waals surface area contributed by atoms with Crippen molar-refractivity contribution in [3.05, 3.63) is 82.9 Å². The summed E-state index contributed by atoms with van der Waals surface area (Å²) in [4.78, 5) is 12.4. The van der Waals surface area contributed by atoms with Gasteiger partial charge in [0.05, 0.1) is 12.2 Å². The van der Waals surface area contributed by atoms with Gasteiger partial charge in [-0.25, -0.2) is 4.39 Å². The summed E-state index contributed by atoms with van der Waals surface area (Å²) in [6.45, 7) is 6.67. The second-order valence-corrected chi connectivity index (χ2v) is 6.72. The number of hydrogen-bond acceptors (Lipinski definition) is 3. The van der Waals surface area contributed by atoms with E-state index >= 15 is 0 Å². The molecule has 0 fully saturated rings. The highest BCUT2D eigenvalue weighted by molar-refractivity contribution is 5.80. The highest BCUT2D eigenvalue weighted by Crippen LogP contribution is 2.16. The molecule has 0 saturated carbocycles. The second kappa shape index (κ2) is 8.69. The first kappa shape index (κ1) is 19.6. The van der Waals surface area contributed by atoms with Crippen LogP contribution in [0, 0.1) is 19.7 Å². The van der Waals surface area contributed by atoms with Crippen LogP contribution in [0.15, 0.2) is 54.6 Å². The lowest BCUT2D eigenvalue weighted by molar-refractivity contribution is -0.127. The highest BCUT2D eigenvalue weighted by Gasteiger charge is 2.17. The van der Waals surface area contributed by atoms with Crippen LogP contribution >= 0.6 is 0 Å². The van der Waals surface area contributed by atoms with E-state index in [2.05, 4.69) is 22.5 Å². The fraction of sp³-hybridized carbons (Fsp3) is 0.273. The first-order valence-electron chi connectivity index (χ1n) is 9.21. The van der Waals surface area contributed by atoms with E-state index in [0.29, 0.717) is 18.8 Å². The lowest BCUT2D eigenvalue weighted by Gasteiger charge is -2.15. The molecule has 0 spiro atoms. The van der Waals surface area contributed by atoms with Crippen LogP contribution in [0.1, 0.15) is 29.4 Å². The van der Waals surface area contributed by atoms with Gasteiger partial charge in [-0.3, -0.25) is 9.48 Å². The number of ether oxygens (including phenoxy) is 1. The van der Waals surface area contributed by atoms with Crippen LogP contribution < -0.4 is 10.1 Å². The number of aromatic nitrogens is 2. The molecule has 0 unspecified atom stereocenters. The second-order valence-electron chi connectivity index (χ2n) is 6.72. The normalized spacial score (nSPS) is 11.9. The Labute approximate surface area is 164 Å². The first-order valence-corrected chi connectivity index (χ1v) is 9.21. The highest BCUT2D eigenvalue weighted by atomic mass is 19.1. The third-order valence-electron chi connectivity index (χ3n) is 4.64. The van der Waals surface area contributed by atoms with Crippen molar-refractivity contribution in [3.8, 4) is 5.75 Å². The maximum Gasteiger partial charge on any atom is 0.261 e. The van der Waals surface area contributed by atoms with E-state index < -0.39 is 6.10 Å². The van der Waals surface area contributed by atoms with Crippen LogP contribution in [-0.4, -0.2) is 21.8 Å². The van der Waals surface area contributed by atoms with Crippen molar-refractivity contribution < 1.29 is 13.9 Å². The molecule has 2 aromatic carbocycles. The third-order valence-corrected chi connectivity index (χ3v) is 4.64. The van der Waals surface area contributed by atoms with Crippen molar-refractivity contribution in [2.45, 2.75) is 40.0 Å². The number of carbonyl (C=O) groups is 1. The zero-order chi connectivity index (χ0) is 20.1. The molecule has 0 saturated heterocycles. The molecule has 3 rings (SSSR count). The molecule has 0 aliphatic carbocycles. The zero-order valence-electron chi connectivity index (χ0n) is 16.3. The summed E-state index contributed by atoms with van der Waals surface area (Å²) >= 11 is 0. The summed E-state index contributed by atoms with van der Waals surface area (Å²) < 4.78 is 20.5. The van der Waals surface area contributed by atoms with Gasteiger partial charge < -0.3 is 10.1 Å². The van der Waals surface area contributed by atoms with E-state index in [4.69, 9.17) is 4.74 Å². The number of aryl methyl sites for hydroxylation is 1. The number of amides is 1. The molecule has 6 heteroatoms. The van der Waals surface area contributed by atoms with Crippen molar-refractivity contribution >= 4 is 5.91 Å². The molecule has 1 N–H and O–H groups in total. The van der Waals surface area contributed by atoms with Gasteiger partial charge in [-0.2, -0.15) is 5.10 Å². The molecule has 5 nitrogen and oxygen atoms in total. The van der Waals surface area contributed by atoms with Crippen LogP contribution in [0.25, 0.3) is 0 Å². The fourth-order valence-electron chi connectivity index (χ4n) is 2.99. The first-order chi connectivity index (χ1) is 13.4. The number of hydrogen-bond donors (Lipinski definition) is 1. The third kappa shape index (κ3) is 4.76. The molecule has 0 radical (unpaired) electrons. The molecule has 1 heterocycles. The standard InChI is InChI=1S/C22H24FN3O2/c1-15-21(16(2)26(25-15)14-18-7-5-4-6-8-18)13-24-22(27)17(3)28-20-11-9-19(23)10-12-20/h4-12,17H,13-14H2,1-3H3,(H,24,27)/t17-/m0/s1. The Kier molecular flexibility index (Phi) is 6.09. The fourth-order valence-corrected chi connectivity index (χ4v) is 2.99. The monoisotopic (exact) mass is 381 g/mol. The van der Waals surface area contributed by atoms with Crippen molar-refractivity contribution in [2.24, 2.45) is 0 Å². The van der Waals surface area contributed by atoms with E-state index in [1.54, 1.807) is 6.92 Å². The number of halogens is 1. The molecule has 146 valence electrons. The van der Waals surface area contributed by atoms with Gasteiger partial charge in [-0.05, 0) is 50.6 Å². The molecular weight excluding hydrogens is 357 g/mol. The van der Waals surface area contributed by atoms with Crippen molar-refractivity contribution in [1.29, 1.82) is 0 Å². The minimum atomic E-state index is -0.689. The number of rotatable bonds is 7. The Morgan fingerprint density at radius 3 is 2.50 bits per heavy atom. The molecule has 0 bridgehead atoms. The Morgan fingerprint density at radius 1 is 1.14 bits per heavy atom. The van der Waals surface area contributed by atoms with Gasteiger partial charge in [0.1, 0.15) is 11.6 Å². The molecule has 1 aromatic heterocycles. The van der Waals surface area contributed by atoms with Crippen LogP contribution in [-0.2, 0) is 17.9 Å². The zero-order valence-corrected chi connectivity index (χ0v) is 16.3. The SMILES string of the molecule is Cc1nn(Cc2ccccc2)c(C)c1CNC(=O)[C@H](C)Oc1ccc(F)cc1. The van der Waals surface area contributed by atoms with Gasteiger partial charge in [0.2, 0.25) is 0 Å². The summed E-state index contributed by atoms with van der Waals surface area (Å²) in [5.41, 5.74) is 4.08. The quantitative estimate of drug-likeness (QED) is 0.678. The predicted octanol–water partition coefficient (Wildman–Crippen LogP) is 3.77. The Morgan fingerprint density at radius 2 is 1.82 bits per heavy atom. The van der Waals surface area contributed by atoms with Crippen LogP contribution in [0.2, 0.25) is 0 Å². The Hall–Kier alpha value is -3.15. The minimum absolute atomic E-state index is 0.237. The maximum absolute atomic E-state index is 13.0. The molecule has 1 amide bonds. The molecule has 1 atom stereocenters. The summed E-state index contributed by atoms with van der Waals surface area (Å²) in [5, 5.41) is 7.50. The predicted molar refractivity (Wildman–Crippen MR) is 106 cm³/mol. The van der Waals surface area contributed by atoms with Crippen molar-refractivity contribution in [2.75, 3.05) is 0 Å². The summed E-state index contributed by atoms with van der Waals surface area (Å²) in [7, 11) is 0. The number of nitrogens with zero attached hydrogens (tertiary/aromatic N) is 2. The number of nitrogens with one attached hydrogen (secondary N) is 1. The average Bonchev–Trinajstić information content (AvgIpc) is 2.95. The van der Waals surface area contributed by atoms with Crippen LogP contribution in [0.4, 0.5) is 4.39 Å². The van der Waals surface area contributed by atoms with Crippen LogP contribution in [0.3, 0.4) is 0 Å². The number of benzene rings is 2. The van der Waals surface area contributed by atoms with Gasteiger partial charge in [-0.15, -0.1) is 0 Å². The van der Waals surface area contributed by atoms with Crippen LogP contribution in [0.5, 0.6) is 5.75 Å². The van der Waals surface area contributed by atoms with Crippen molar-refractivity contribution in [1.82, 2.24) is 15.1 Å². The van der Waals surface area contributed by atoms with E-state index in [-0.39, 0.29) is 11.7 Å². The van der Waals surface area contributed by atoms with Gasteiger partial charge in [0.25, 0.3) is 5.91 Å². The molecule has 3 aromatic rings. The maximum atomic E-state index is 13.0.